The molecule has 0 bridgehead atoms. The molecule has 3 heterocycles. The minimum atomic E-state index is -0.0630. The van der Waals surface area contributed by atoms with Crippen molar-refractivity contribution in [1.82, 2.24) is 14.5 Å². The van der Waals surface area contributed by atoms with Crippen LogP contribution in [0.1, 0.15) is 17.5 Å². The minimum Gasteiger partial charge on any atom is -0.494 e. The van der Waals surface area contributed by atoms with E-state index in [1.165, 1.54) is 11.8 Å². The van der Waals surface area contributed by atoms with Crippen LogP contribution in [0.2, 0.25) is 0 Å². The summed E-state index contributed by atoms with van der Waals surface area (Å²) in [6.07, 6.45) is 8.43. The van der Waals surface area contributed by atoms with E-state index in [9.17, 15) is 4.79 Å². The number of ether oxygens (including phenoxy) is 1. The first-order valence-electron chi connectivity index (χ1n) is 11.1. The van der Waals surface area contributed by atoms with Gasteiger partial charge >= 0.3 is 0 Å². The number of carbonyl (C=O) groups is 1. The Hall–Kier alpha value is -3.42. The number of nitrogens with zero attached hydrogens (tertiary/aromatic N) is 3. The van der Waals surface area contributed by atoms with Crippen LogP contribution < -0.4 is 4.74 Å². The number of hydrogen-bond donors (Lipinski definition) is 0. The fourth-order valence-corrected chi connectivity index (χ4v) is 5.21. The number of amides is 1. The number of para-hydroxylation sites is 2. The van der Waals surface area contributed by atoms with Crippen molar-refractivity contribution in [3.8, 4) is 5.75 Å². The van der Waals surface area contributed by atoms with Gasteiger partial charge in [-0.1, -0.05) is 66.4 Å². The number of benzene rings is 2. The quantitative estimate of drug-likeness (QED) is 0.176. The normalized spacial score (nSPS) is 14.9. The summed E-state index contributed by atoms with van der Waals surface area (Å²) in [5.74, 6) is 0.820. The van der Waals surface area contributed by atoms with Crippen molar-refractivity contribution in [2.45, 2.75) is 19.5 Å². The maximum atomic E-state index is 13.1. The summed E-state index contributed by atoms with van der Waals surface area (Å²) in [4.78, 5) is 19.5. The molecule has 0 radical (unpaired) electrons. The fourth-order valence-electron chi connectivity index (χ4n) is 3.97. The summed E-state index contributed by atoms with van der Waals surface area (Å²) in [6.45, 7) is 1.89. The van der Waals surface area contributed by atoms with Crippen molar-refractivity contribution >= 4 is 51.2 Å². The Balaban J connectivity index is 1.32. The lowest BCUT2D eigenvalue weighted by atomic mass is 10.1. The van der Waals surface area contributed by atoms with Crippen molar-refractivity contribution < 1.29 is 9.53 Å². The van der Waals surface area contributed by atoms with Crippen LogP contribution in [0.3, 0.4) is 0 Å². The summed E-state index contributed by atoms with van der Waals surface area (Å²) < 4.78 is 8.64. The Kier molecular flexibility index (Phi) is 6.74. The van der Waals surface area contributed by atoms with E-state index in [0.29, 0.717) is 22.4 Å². The highest BCUT2D eigenvalue weighted by Crippen LogP contribution is 2.35. The van der Waals surface area contributed by atoms with Gasteiger partial charge in [0.05, 0.1) is 18.1 Å². The molecule has 4 aromatic rings. The van der Waals surface area contributed by atoms with Gasteiger partial charge in [-0.15, -0.1) is 0 Å². The molecule has 0 atom stereocenters. The lowest BCUT2D eigenvalue weighted by molar-refractivity contribution is -0.122. The molecule has 7 heteroatoms. The Morgan fingerprint density at radius 2 is 1.85 bits per heavy atom. The third-order valence-corrected chi connectivity index (χ3v) is 6.98. The molecule has 0 spiro atoms. The Morgan fingerprint density at radius 3 is 2.68 bits per heavy atom. The summed E-state index contributed by atoms with van der Waals surface area (Å²) in [7, 11) is 0. The van der Waals surface area contributed by atoms with E-state index in [2.05, 4.69) is 27.9 Å². The first-order chi connectivity index (χ1) is 16.7. The predicted molar refractivity (Wildman–Crippen MR) is 141 cm³/mol. The first-order valence-corrected chi connectivity index (χ1v) is 12.3. The molecule has 1 saturated heterocycles. The predicted octanol–water partition coefficient (Wildman–Crippen LogP) is 5.91. The molecule has 2 aromatic heterocycles. The number of rotatable bonds is 8. The highest BCUT2D eigenvalue weighted by atomic mass is 32.2. The van der Waals surface area contributed by atoms with E-state index < -0.39 is 0 Å². The maximum absolute atomic E-state index is 13.1. The third kappa shape index (κ3) is 4.90. The molecule has 1 fully saturated rings. The maximum Gasteiger partial charge on any atom is 0.266 e. The molecule has 2 aromatic carbocycles. The smallest absolute Gasteiger partial charge is 0.266 e. The molecule has 0 unspecified atom stereocenters. The van der Waals surface area contributed by atoms with Gasteiger partial charge in [-0.3, -0.25) is 14.7 Å². The number of thioether (sulfide) groups is 1. The Morgan fingerprint density at radius 1 is 1.03 bits per heavy atom. The van der Waals surface area contributed by atoms with Gasteiger partial charge in [0, 0.05) is 41.6 Å². The molecule has 5 rings (SSSR count). The molecule has 34 heavy (non-hydrogen) atoms. The SMILES string of the molecule is O=C1/C(=C/c2cn(CCCOc3ccccc3)c3ccccc23)SC(=S)N1Cc1cccnc1. The van der Waals surface area contributed by atoms with Crippen LogP contribution in [0.4, 0.5) is 0 Å². The van der Waals surface area contributed by atoms with E-state index in [4.69, 9.17) is 17.0 Å². The Bertz CT molecular complexity index is 1350. The molecule has 1 amide bonds. The molecule has 0 N–H and O–H groups in total. The van der Waals surface area contributed by atoms with Crippen molar-refractivity contribution in [3.05, 3.63) is 101 Å². The second-order valence-electron chi connectivity index (χ2n) is 7.94. The molecular formula is C27H23N3O2S2. The van der Waals surface area contributed by atoms with Crippen LogP contribution in [-0.2, 0) is 17.9 Å². The van der Waals surface area contributed by atoms with Gasteiger partial charge in [0.15, 0.2) is 0 Å². The molecule has 1 aliphatic rings. The van der Waals surface area contributed by atoms with Crippen molar-refractivity contribution in [1.29, 1.82) is 0 Å². The zero-order chi connectivity index (χ0) is 23.3. The average molecular weight is 486 g/mol. The average Bonchev–Trinajstić information content (AvgIpc) is 3.35. The van der Waals surface area contributed by atoms with Crippen LogP contribution in [-0.4, -0.2) is 31.3 Å². The van der Waals surface area contributed by atoms with Gasteiger partial charge < -0.3 is 9.30 Å². The summed E-state index contributed by atoms with van der Waals surface area (Å²) in [6, 6.07) is 21.9. The number of hydrogen-bond acceptors (Lipinski definition) is 5. The summed E-state index contributed by atoms with van der Waals surface area (Å²) in [5.41, 5.74) is 3.11. The highest BCUT2D eigenvalue weighted by Gasteiger charge is 2.32. The van der Waals surface area contributed by atoms with Crippen molar-refractivity contribution in [3.63, 3.8) is 0 Å². The zero-order valence-electron chi connectivity index (χ0n) is 18.5. The first kappa shape index (κ1) is 22.4. The number of aryl methyl sites for hydroxylation is 1. The summed E-state index contributed by atoms with van der Waals surface area (Å²) >= 11 is 6.86. The van der Waals surface area contributed by atoms with E-state index in [1.54, 1.807) is 17.3 Å². The van der Waals surface area contributed by atoms with E-state index in [0.717, 1.165) is 40.7 Å². The van der Waals surface area contributed by atoms with Gasteiger partial charge in [0.1, 0.15) is 10.1 Å². The van der Waals surface area contributed by atoms with Crippen LogP contribution in [0.5, 0.6) is 5.75 Å². The van der Waals surface area contributed by atoms with E-state index in [1.807, 2.05) is 60.7 Å². The molecule has 5 nitrogen and oxygen atoms in total. The van der Waals surface area contributed by atoms with Gasteiger partial charge in [0.25, 0.3) is 5.91 Å². The van der Waals surface area contributed by atoms with Gasteiger partial charge in [-0.2, -0.15) is 0 Å². The van der Waals surface area contributed by atoms with Crippen LogP contribution in [0, 0.1) is 0 Å². The highest BCUT2D eigenvalue weighted by molar-refractivity contribution is 8.26. The molecule has 0 aliphatic carbocycles. The van der Waals surface area contributed by atoms with E-state index in [-0.39, 0.29) is 5.91 Å². The number of carbonyl (C=O) groups excluding carboxylic acids is 1. The standard InChI is InChI=1S/C27H23N3O2S2/c31-26-25(34-27(33)30(26)18-20-8-6-13-28-17-20)16-21-19-29(24-12-5-4-11-23(21)24)14-7-15-32-22-9-2-1-3-10-22/h1-6,8-13,16-17,19H,7,14-15,18H2/b25-16-. The fraction of sp³-hybridized carbons (Fsp3) is 0.148. The van der Waals surface area contributed by atoms with Crippen LogP contribution in [0.15, 0.2) is 90.2 Å². The molecular weight excluding hydrogens is 462 g/mol. The number of aromatic nitrogens is 2. The van der Waals surface area contributed by atoms with Crippen molar-refractivity contribution in [2.75, 3.05) is 6.61 Å². The monoisotopic (exact) mass is 485 g/mol. The third-order valence-electron chi connectivity index (χ3n) is 5.60. The second kappa shape index (κ2) is 10.2. The number of fused-ring (bicyclic) bond motifs is 1. The number of pyridine rings is 1. The lowest BCUT2D eigenvalue weighted by Gasteiger charge is -2.13. The van der Waals surface area contributed by atoms with Crippen LogP contribution >= 0.6 is 24.0 Å². The topological polar surface area (TPSA) is 47.4 Å². The zero-order valence-corrected chi connectivity index (χ0v) is 20.1. The van der Waals surface area contributed by atoms with Gasteiger partial charge in [-0.05, 0) is 42.3 Å². The van der Waals surface area contributed by atoms with Gasteiger partial charge in [-0.25, -0.2) is 0 Å². The van der Waals surface area contributed by atoms with Gasteiger partial charge in [0.2, 0.25) is 0 Å². The summed E-state index contributed by atoms with van der Waals surface area (Å²) in [5, 5.41) is 1.11. The Labute approximate surface area is 208 Å². The largest absolute Gasteiger partial charge is 0.494 e. The molecule has 170 valence electrons. The molecule has 1 aliphatic heterocycles. The van der Waals surface area contributed by atoms with Crippen molar-refractivity contribution in [2.24, 2.45) is 0 Å². The molecule has 0 saturated carbocycles. The number of thiocarbonyl (C=S) groups is 1. The second-order valence-corrected chi connectivity index (χ2v) is 9.61. The minimum absolute atomic E-state index is 0.0630. The van der Waals surface area contributed by atoms with E-state index >= 15 is 0 Å². The van der Waals surface area contributed by atoms with Crippen LogP contribution in [0.25, 0.3) is 17.0 Å². The lowest BCUT2D eigenvalue weighted by Crippen LogP contribution is -2.27.